The maximum absolute atomic E-state index is 10.1. The molecular weight excluding hydrogens is 662 g/mol. The van der Waals surface area contributed by atoms with Gasteiger partial charge in [-0.05, 0) is 158 Å². The van der Waals surface area contributed by atoms with Crippen LogP contribution in [0.5, 0.6) is 0 Å². The molecule has 0 heterocycles. The van der Waals surface area contributed by atoms with E-state index < -0.39 is 11.9 Å². The monoisotopic (exact) mass is 720 g/mol. The average Bonchev–Trinajstić information content (AvgIpc) is 3.69. The molecule has 0 aliphatic heterocycles. The van der Waals surface area contributed by atoms with Crippen LogP contribution in [-0.2, 0) is 30.0 Å². The first-order valence-corrected chi connectivity index (χ1v) is 17.3. The zero-order chi connectivity index (χ0) is 31.2. The standard InChI is InChI=1S/C29H53O4P.2C2H4O2.Pd/c30-23-9-5-19(15-23)28(20-6-10-24(31)16-20)4-2-1-3-27(34)13-14-29(21-7-11-25(32)17-21)22-8-12-26(33)18-22;2*1-2(3)4;/h19-33H,1-18,34H2;2*1H3,(H,3,4);/q;;;+2/p-2. The first-order valence-electron chi connectivity index (χ1n) is 16.7. The number of hydrogen-bond donors (Lipinski definition) is 4. The molecule has 0 spiro atoms. The quantitative estimate of drug-likeness (QED) is 0.136. The fraction of sp³-hybridized carbons (Fsp3) is 0.939. The number of carboxylic acids is 2. The zero-order valence-corrected chi connectivity index (χ0v) is 29.1. The minimum Gasteiger partial charge on any atom is -0.550 e. The molecule has 10 heteroatoms. The summed E-state index contributed by atoms with van der Waals surface area (Å²) in [5, 5.41) is 58.2. The molecule has 4 rings (SSSR count). The summed E-state index contributed by atoms with van der Waals surface area (Å²) in [7, 11) is 3.13. The van der Waals surface area contributed by atoms with Crippen LogP contribution < -0.4 is 10.2 Å². The number of aliphatic hydroxyl groups is 4. The van der Waals surface area contributed by atoms with Crippen LogP contribution in [0.4, 0.5) is 0 Å². The molecule has 0 aromatic rings. The number of unbranched alkanes of at least 4 members (excludes halogenated alkanes) is 1. The molecule has 4 saturated carbocycles. The third-order valence-electron chi connectivity index (χ3n) is 10.4. The second-order valence-corrected chi connectivity index (χ2v) is 14.8. The Morgan fingerprint density at radius 3 is 1.14 bits per heavy atom. The van der Waals surface area contributed by atoms with Crippen LogP contribution in [0.1, 0.15) is 129 Å². The Balaban J connectivity index is 0.000000917. The van der Waals surface area contributed by atoms with E-state index in [1.807, 2.05) is 0 Å². The van der Waals surface area contributed by atoms with Gasteiger partial charge in [0.15, 0.2) is 0 Å². The Morgan fingerprint density at radius 1 is 0.581 bits per heavy atom. The molecule has 0 aromatic heterocycles. The van der Waals surface area contributed by atoms with E-state index in [-0.39, 0.29) is 44.8 Å². The van der Waals surface area contributed by atoms with Crippen molar-refractivity contribution in [2.45, 2.75) is 159 Å². The second-order valence-electron chi connectivity index (χ2n) is 13.8. The summed E-state index contributed by atoms with van der Waals surface area (Å²) >= 11 is 0. The van der Waals surface area contributed by atoms with Crippen LogP contribution in [0.25, 0.3) is 0 Å². The number of hydrogen-bond acceptors (Lipinski definition) is 8. The average molecular weight is 721 g/mol. The van der Waals surface area contributed by atoms with Gasteiger partial charge in [-0.15, -0.1) is 9.24 Å². The summed E-state index contributed by atoms with van der Waals surface area (Å²) in [6.45, 7) is 1.94. The van der Waals surface area contributed by atoms with Gasteiger partial charge in [0.05, 0.1) is 24.4 Å². The van der Waals surface area contributed by atoms with Crippen molar-refractivity contribution < 1.29 is 60.7 Å². The van der Waals surface area contributed by atoms with Crippen molar-refractivity contribution in [3.63, 3.8) is 0 Å². The number of aliphatic hydroxyl groups excluding tert-OH is 4. The topological polar surface area (TPSA) is 161 Å². The molecular formula is C33H59O8PPd. The molecule has 10 unspecified atom stereocenters. The predicted octanol–water partition coefficient (Wildman–Crippen LogP) is 2.96. The van der Waals surface area contributed by atoms with Gasteiger partial charge in [-0.25, -0.2) is 0 Å². The van der Waals surface area contributed by atoms with Gasteiger partial charge in [-0.2, -0.15) is 0 Å². The van der Waals surface area contributed by atoms with Gasteiger partial charge in [-0.3, -0.25) is 0 Å². The molecule has 0 bridgehead atoms. The largest absolute Gasteiger partial charge is 2.00 e. The van der Waals surface area contributed by atoms with E-state index in [9.17, 15) is 20.4 Å². The van der Waals surface area contributed by atoms with Crippen LogP contribution in [0.15, 0.2) is 0 Å². The summed E-state index contributed by atoms with van der Waals surface area (Å²) in [6.07, 6.45) is 19.7. The molecule has 8 nitrogen and oxygen atoms in total. The first-order chi connectivity index (χ1) is 19.8. The minimum absolute atomic E-state index is 0. The van der Waals surface area contributed by atoms with Gasteiger partial charge in [0.25, 0.3) is 0 Å². The van der Waals surface area contributed by atoms with E-state index >= 15 is 0 Å². The fourth-order valence-electron chi connectivity index (χ4n) is 8.57. The van der Waals surface area contributed by atoms with Crippen LogP contribution in [0.3, 0.4) is 0 Å². The third-order valence-corrected chi connectivity index (χ3v) is 11.1. The van der Waals surface area contributed by atoms with Crippen LogP contribution in [0.2, 0.25) is 0 Å². The Hall–Kier alpha value is -0.128. The molecule has 4 aliphatic carbocycles. The number of carbonyl (C=O) groups is 2. The SMILES string of the molecule is CC(=O)[O-].CC(=O)[O-].OC1CCC(C(CCCCC(P)CCC(C2CCC(O)C2)C2CCC(O)C2)C2CCC(O)C2)C1.[Pd+2]. The van der Waals surface area contributed by atoms with Crippen LogP contribution >= 0.6 is 9.24 Å². The zero-order valence-electron chi connectivity index (χ0n) is 26.4. The van der Waals surface area contributed by atoms with E-state index in [1.54, 1.807) is 0 Å². The van der Waals surface area contributed by atoms with Gasteiger partial charge >= 0.3 is 20.4 Å². The molecule has 0 aromatic carbocycles. The molecule has 43 heavy (non-hydrogen) atoms. The predicted molar refractivity (Wildman–Crippen MR) is 163 cm³/mol. The molecule has 254 valence electrons. The fourth-order valence-corrected chi connectivity index (χ4v) is 9.00. The van der Waals surface area contributed by atoms with Gasteiger partial charge in [-0.1, -0.05) is 12.8 Å². The maximum atomic E-state index is 10.1. The Morgan fingerprint density at radius 2 is 0.860 bits per heavy atom. The summed E-state index contributed by atoms with van der Waals surface area (Å²) in [6, 6.07) is 0. The normalized spacial score (nSPS) is 33.7. The van der Waals surface area contributed by atoms with E-state index in [0.717, 1.165) is 65.2 Å². The summed E-state index contributed by atoms with van der Waals surface area (Å²) in [5.74, 6) is 1.87. The molecule has 4 N–H and O–H groups in total. The summed E-state index contributed by atoms with van der Waals surface area (Å²) in [4.78, 5) is 17.8. The molecule has 10 atom stereocenters. The molecule has 0 radical (unpaired) electrons. The van der Waals surface area contributed by atoms with Gasteiger partial charge in [0, 0.05) is 11.9 Å². The van der Waals surface area contributed by atoms with Gasteiger partial charge in [0.2, 0.25) is 0 Å². The number of carbonyl (C=O) groups excluding carboxylic acids is 2. The Kier molecular flexibility index (Phi) is 20.6. The summed E-state index contributed by atoms with van der Waals surface area (Å²) in [5.41, 5.74) is 0.667. The van der Waals surface area contributed by atoms with E-state index in [1.165, 1.54) is 64.2 Å². The van der Waals surface area contributed by atoms with Crippen molar-refractivity contribution in [3.05, 3.63) is 0 Å². The molecule has 0 saturated heterocycles. The summed E-state index contributed by atoms with van der Waals surface area (Å²) < 4.78 is 0. The van der Waals surface area contributed by atoms with Crippen molar-refractivity contribution in [3.8, 4) is 0 Å². The Labute approximate surface area is 276 Å². The van der Waals surface area contributed by atoms with Crippen molar-refractivity contribution in [1.82, 2.24) is 0 Å². The molecule has 0 amide bonds. The van der Waals surface area contributed by atoms with E-state index in [0.29, 0.717) is 41.2 Å². The number of rotatable bonds is 12. The molecule has 4 fully saturated rings. The molecule has 4 aliphatic rings. The van der Waals surface area contributed by atoms with Crippen molar-refractivity contribution in [1.29, 1.82) is 0 Å². The minimum atomic E-state index is -1.08. The second kappa shape index (κ2) is 21.6. The van der Waals surface area contributed by atoms with Crippen molar-refractivity contribution >= 4 is 21.2 Å². The third kappa shape index (κ3) is 16.3. The smallest absolute Gasteiger partial charge is 0.550 e. The van der Waals surface area contributed by atoms with E-state index in [2.05, 4.69) is 9.24 Å². The van der Waals surface area contributed by atoms with Crippen molar-refractivity contribution in [2.75, 3.05) is 0 Å². The number of carboxylic acid groups (broad SMARTS) is 2. The maximum Gasteiger partial charge on any atom is 2.00 e. The van der Waals surface area contributed by atoms with Crippen LogP contribution in [0, 0.1) is 35.5 Å². The van der Waals surface area contributed by atoms with Crippen LogP contribution in [-0.4, -0.2) is 62.4 Å². The van der Waals surface area contributed by atoms with E-state index in [4.69, 9.17) is 19.8 Å². The Bertz CT molecular complexity index is 728. The first kappa shape index (κ1) is 40.9. The van der Waals surface area contributed by atoms with Gasteiger partial charge < -0.3 is 40.2 Å². The van der Waals surface area contributed by atoms with Crippen molar-refractivity contribution in [2.24, 2.45) is 35.5 Å². The van der Waals surface area contributed by atoms with Gasteiger partial charge in [0.1, 0.15) is 0 Å². The number of aliphatic carboxylic acids is 2.